The van der Waals surface area contributed by atoms with Crippen LogP contribution in [0.4, 0.5) is 5.88 Å². The van der Waals surface area contributed by atoms with Crippen molar-refractivity contribution in [1.82, 2.24) is 4.98 Å². The lowest BCUT2D eigenvalue weighted by molar-refractivity contribution is 0.366. The predicted molar refractivity (Wildman–Crippen MR) is 95.6 cm³/mol. The molecule has 0 spiro atoms. The Balaban J connectivity index is 1.93. The first-order chi connectivity index (χ1) is 12.5. The van der Waals surface area contributed by atoms with E-state index in [0.29, 0.717) is 11.6 Å². The number of ether oxygens (including phenoxy) is 1. The van der Waals surface area contributed by atoms with Crippen molar-refractivity contribution in [3.8, 4) is 11.8 Å². The van der Waals surface area contributed by atoms with Gasteiger partial charge in [-0.15, -0.1) is 0 Å². The minimum Gasteiger partial charge on any atom is -0.497 e. The monoisotopic (exact) mass is 375 g/mol. The van der Waals surface area contributed by atoms with Crippen LogP contribution >= 0.6 is 0 Å². The SMILES string of the molecule is COc1ccc(S(=O)(=O)N(C)c2oc(C3CCCCC3)nc2C#N)cc1. The van der Waals surface area contributed by atoms with E-state index in [9.17, 15) is 13.7 Å². The van der Waals surface area contributed by atoms with Crippen LogP contribution in [0.25, 0.3) is 0 Å². The largest absolute Gasteiger partial charge is 0.497 e. The number of benzene rings is 1. The smallest absolute Gasteiger partial charge is 0.266 e. The highest BCUT2D eigenvalue weighted by atomic mass is 32.2. The predicted octanol–water partition coefficient (Wildman–Crippen LogP) is 3.43. The first kappa shape index (κ1) is 18.3. The Hall–Kier alpha value is -2.53. The van der Waals surface area contributed by atoms with Gasteiger partial charge in [-0.25, -0.2) is 17.7 Å². The van der Waals surface area contributed by atoms with Gasteiger partial charge < -0.3 is 9.15 Å². The molecule has 0 unspecified atom stereocenters. The minimum atomic E-state index is -3.87. The van der Waals surface area contributed by atoms with Crippen molar-refractivity contribution in [2.45, 2.75) is 42.9 Å². The average Bonchev–Trinajstić information content (AvgIpc) is 3.12. The van der Waals surface area contributed by atoms with E-state index in [1.807, 2.05) is 6.07 Å². The van der Waals surface area contributed by atoms with Gasteiger partial charge in [0.25, 0.3) is 10.0 Å². The van der Waals surface area contributed by atoms with Crippen molar-refractivity contribution in [2.24, 2.45) is 0 Å². The van der Waals surface area contributed by atoms with Crippen molar-refractivity contribution in [1.29, 1.82) is 5.26 Å². The van der Waals surface area contributed by atoms with E-state index in [1.165, 1.54) is 32.7 Å². The summed E-state index contributed by atoms with van der Waals surface area (Å²) in [4.78, 5) is 4.34. The molecule has 8 heteroatoms. The number of hydrogen-bond acceptors (Lipinski definition) is 6. The van der Waals surface area contributed by atoms with Crippen LogP contribution in [0.2, 0.25) is 0 Å². The third kappa shape index (κ3) is 3.40. The second kappa shape index (κ2) is 7.38. The summed E-state index contributed by atoms with van der Waals surface area (Å²) in [5.41, 5.74) is -0.00911. The highest BCUT2D eigenvalue weighted by Crippen LogP contribution is 2.36. The molecule has 1 aromatic heterocycles. The summed E-state index contributed by atoms with van der Waals surface area (Å²) >= 11 is 0. The van der Waals surface area contributed by atoms with Gasteiger partial charge in [0, 0.05) is 13.0 Å². The summed E-state index contributed by atoms with van der Waals surface area (Å²) in [6.45, 7) is 0. The van der Waals surface area contributed by atoms with Crippen LogP contribution in [0, 0.1) is 11.3 Å². The maximum atomic E-state index is 12.9. The van der Waals surface area contributed by atoms with Gasteiger partial charge in [0.2, 0.25) is 17.5 Å². The Labute approximate surface area is 153 Å². The van der Waals surface area contributed by atoms with Gasteiger partial charge in [-0.2, -0.15) is 5.26 Å². The number of methoxy groups -OCH3 is 1. The molecule has 1 aliphatic carbocycles. The van der Waals surface area contributed by atoms with Crippen LogP contribution in [-0.2, 0) is 10.0 Å². The van der Waals surface area contributed by atoms with E-state index in [-0.39, 0.29) is 22.4 Å². The zero-order chi connectivity index (χ0) is 18.7. The molecule has 1 fully saturated rings. The molecule has 26 heavy (non-hydrogen) atoms. The topological polar surface area (TPSA) is 96.4 Å². The first-order valence-electron chi connectivity index (χ1n) is 8.51. The molecule has 1 heterocycles. The average molecular weight is 375 g/mol. The summed E-state index contributed by atoms with van der Waals surface area (Å²) < 4.78 is 37.5. The molecule has 0 N–H and O–H groups in total. The van der Waals surface area contributed by atoms with E-state index >= 15 is 0 Å². The Morgan fingerprint density at radius 2 is 1.88 bits per heavy atom. The van der Waals surface area contributed by atoms with Crippen LogP contribution in [-0.4, -0.2) is 27.6 Å². The molecule has 0 bridgehead atoms. The van der Waals surface area contributed by atoms with Gasteiger partial charge in [-0.05, 0) is 37.1 Å². The molecule has 0 radical (unpaired) electrons. The van der Waals surface area contributed by atoms with Gasteiger partial charge >= 0.3 is 0 Å². The van der Waals surface area contributed by atoms with E-state index in [2.05, 4.69) is 4.98 Å². The fraction of sp³-hybridized carbons (Fsp3) is 0.444. The van der Waals surface area contributed by atoms with E-state index in [4.69, 9.17) is 9.15 Å². The quantitative estimate of drug-likeness (QED) is 0.794. The van der Waals surface area contributed by atoms with Gasteiger partial charge in [0.1, 0.15) is 11.8 Å². The highest BCUT2D eigenvalue weighted by molar-refractivity contribution is 7.92. The van der Waals surface area contributed by atoms with E-state index < -0.39 is 10.0 Å². The van der Waals surface area contributed by atoms with Crippen LogP contribution in [0.15, 0.2) is 33.6 Å². The maximum absolute atomic E-state index is 12.9. The number of sulfonamides is 1. The lowest BCUT2D eigenvalue weighted by Gasteiger charge is -2.19. The zero-order valence-electron chi connectivity index (χ0n) is 14.8. The molecule has 0 amide bonds. The van der Waals surface area contributed by atoms with Gasteiger partial charge in [0.15, 0.2) is 0 Å². The Bertz CT molecular complexity index is 907. The van der Waals surface area contributed by atoms with E-state index in [0.717, 1.165) is 30.0 Å². The molecule has 1 saturated carbocycles. The summed E-state index contributed by atoms with van der Waals surface area (Å²) in [5.74, 6) is 1.11. The number of anilines is 1. The molecule has 1 aromatic carbocycles. The molecular weight excluding hydrogens is 354 g/mol. The minimum absolute atomic E-state index is 0.00911. The number of nitriles is 1. The standard InChI is InChI=1S/C18H21N3O4S/c1-21(26(22,23)15-10-8-14(24-2)9-11-15)18-16(12-19)20-17(25-18)13-6-4-3-5-7-13/h8-11,13H,3-7H2,1-2H3. The number of hydrogen-bond donors (Lipinski definition) is 0. The zero-order valence-corrected chi connectivity index (χ0v) is 15.6. The number of rotatable bonds is 5. The van der Waals surface area contributed by atoms with Crippen LogP contribution in [0.1, 0.15) is 49.6 Å². The van der Waals surface area contributed by atoms with Crippen molar-refractivity contribution in [2.75, 3.05) is 18.5 Å². The molecular formula is C18H21N3O4S. The third-order valence-electron chi connectivity index (χ3n) is 4.69. The molecule has 1 aliphatic rings. The third-order valence-corrected chi connectivity index (χ3v) is 6.44. The van der Waals surface area contributed by atoms with Crippen molar-refractivity contribution in [3.05, 3.63) is 35.9 Å². The number of oxazole rings is 1. The summed E-state index contributed by atoms with van der Waals surface area (Å²) in [7, 11) is -0.997. The fourth-order valence-electron chi connectivity index (χ4n) is 3.15. The Morgan fingerprint density at radius 3 is 2.46 bits per heavy atom. The molecule has 0 saturated heterocycles. The molecule has 2 aromatic rings. The lowest BCUT2D eigenvalue weighted by atomic mass is 9.89. The second-order valence-electron chi connectivity index (χ2n) is 6.30. The summed E-state index contributed by atoms with van der Waals surface area (Å²) in [6.07, 6.45) is 5.25. The van der Waals surface area contributed by atoms with Crippen LogP contribution in [0.5, 0.6) is 5.75 Å². The molecule has 0 aliphatic heterocycles. The fourth-order valence-corrected chi connectivity index (χ4v) is 4.29. The van der Waals surface area contributed by atoms with Gasteiger partial charge in [-0.1, -0.05) is 19.3 Å². The van der Waals surface area contributed by atoms with Crippen LogP contribution in [0.3, 0.4) is 0 Å². The Kier molecular flexibility index (Phi) is 5.18. The first-order valence-corrected chi connectivity index (χ1v) is 9.95. The normalized spacial score (nSPS) is 15.4. The van der Waals surface area contributed by atoms with Gasteiger partial charge in [0.05, 0.1) is 12.0 Å². The van der Waals surface area contributed by atoms with Crippen molar-refractivity contribution in [3.63, 3.8) is 0 Å². The van der Waals surface area contributed by atoms with Crippen molar-refractivity contribution >= 4 is 15.9 Å². The molecule has 138 valence electrons. The maximum Gasteiger partial charge on any atom is 0.266 e. The summed E-state index contributed by atoms with van der Waals surface area (Å²) in [5, 5.41) is 9.37. The lowest BCUT2D eigenvalue weighted by Crippen LogP contribution is -2.26. The molecule has 3 rings (SSSR count). The Morgan fingerprint density at radius 1 is 1.23 bits per heavy atom. The van der Waals surface area contributed by atoms with Crippen LogP contribution < -0.4 is 9.04 Å². The number of nitrogens with zero attached hydrogens (tertiary/aromatic N) is 3. The van der Waals surface area contributed by atoms with Gasteiger partial charge in [-0.3, -0.25) is 0 Å². The second-order valence-corrected chi connectivity index (χ2v) is 8.27. The summed E-state index contributed by atoms with van der Waals surface area (Å²) in [6, 6.07) is 7.99. The highest BCUT2D eigenvalue weighted by Gasteiger charge is 2.30. The van der Waals surface area contributed by atoms with E-state index in [1.54, 1.807) is 12.1 Å². The number of aromatic nitrogens is 1. The molecule has 7 nitrogen and oxygen atoms in total. The van der Waals surface area contributed by atoms with Crippen molar-refractivity contribution < 1.29 is 17.6 Å². The molecule has 0 atom stereocenters.